The first kappa shape index (κ1) is 24.1. The lowest BCUT2D eigenvalue weighted by atomic mass is 10.1. The van der Waals surface area contributed by atoms with E-state index >= 15 is 0 Å². The van der Waals surface area contributed by atoms with Gasteiger partial charge in [-0.2, -0.15) is 4.72 Å². The molecule has 7 nitrogen and oxygen atoms in total. The van der Waals surface area contributed by atoms with Gasteiger partial charge < -0.3 is 10.6 Å². The second kappa shape index (κ2) is 11.3. The van der Waals surface area contributed by atoms with Crippen LogP contribution in [0.2, 0.25) is 0 Å². The van der Waals surface area contributed by atoms with Crippen molar-refractivity contribution in [3.63, 3.8) is 0 Å². The second-order valence-electron chi connectivity index (χ2n) is 7.21. The fraction of sp³-hybridized carbons (Fsp3) is 0.167. The van der Waals surface area contributed by atoms with E-state index in [4.69, 9.17) is 0 Å². The Kier molecular flexibility index (Phi) is 8.28. The lowest BCUT2D eigenvalue weighted by Crippen LogP contribution is -2.49. The highest BCUT2D eigenvalue weighted by atomic mass is 32.2. The number of rotatable bonds is 10. The van der Waals surface area contributed by atoms with Crippen LogP contribution in [-0.4, -0.2) is 39.4 Å². The molecule has 0 saturated carbocycles. The summed E-state index contributed by atoms with van der Waals surface area (Å²) in [6, 6.07) is 21.3. The quantitative estimate of drug-likeness (QED) is 0.396. The van der Waals surface area contributed by atoms with Crippen LogP contribution in [-0.2, 0) is 21.2 Å². The first-order chi connectivity index (χ1) is 15.9. The maximum Gasteiger partial charge on any atom is 0.251 e. The van der Waals surface area contributed by atoms with E-state index in [1.54, 1.807) is 60.7 Å². The fourth-order valence-corrected chi connectivity index (χ4v) is 4.40. The molecular formula is C24H24FN3O4S. The number of hydrogen-bond acceptors (Lipinski definition) is 4. The third-order valence-corrected chi connectivity index (χ3v) is 6.27. The molecule has 3 aromatic rings. The topological polar surface area (TPSA) is 104 Å². The highest BCUT2D eigenvalue weighted by Gasteiger charge is 2.27. The molecule has 2 amide bonds. The molecule has 0 radical (unpaired) electrons. The summed E-state index contributed by atoms with van der Waals surface area (Å²) in [6.45, 7) is 0.238. The molecule has 0 spiro atoms. The van der Waals surface area contributed by atoms with Gasteiger partial charge in [-0.1, -0.05) is 60.7 Å². The molecule has 0 saturated heterocycles. The van der Waals surface area contributed by atoms with E-state index < -0.39 is 32.7 Å². The zero-order valence-corrected chi connectivity index (χ0v) is 18.5. The summed E-state index contributed by atoms with van der Waals surface area (Å²) in [5.41, 5.74) is 1.22. The Morgan fingerprint density at radius 1 is 0.788 bits per heavy atom. The van der Waals surface area contributed by atoms with Gasteiger partial charge in [-0.15, -0.1) is 0 Å². The summed E-state index contributed by atoms with van der Waals surface area (Å²) in [7, 11) is -4.29. The van der Waals surface area contributed by atoms with E-state index in [-0.39, 0.29) is 25.4 Å². The summed E-state index contributed by atoms with van der Waals surface area (Å²) in [5.74, 6) is -1.79. The van der Waals surface area contributed by atoms with Crippen LogP contribution < -0.4 is 15.4 Å². The third-order valence-electron chi connectivity index (χ3n) is 4.77. The monoisotopic (exact) mass is 469 g/mol. The predicted molar refractivity (Wildman–Crippen MR) is 122 cm³/mol. The molecule has 9 heteroatoms. The molecule has 3 aromatic carbocycles. The van der Waals surface area contributed by atoms with Crippen LogP contribution in [0.4, 0.5) is 4.39 Å². The second-order valence-corrected chi connectivity index (χ2v) is 8.89. The molecular weight excluding hydrogens is 445 g/mol. The largest absolute Gasteiger partial charge is 0.353 e. The van der Waals surface area contributed by atoms with Gasteiger partial charge in [0.25, 0.3) is 5.91 Å². The van der Waals surface area contributed by atoms with Gasteiger partial charge >= 0.3 is 0 Å². The number of benzene rings is 3. The SMILES string of the molecule is O=C(NCCNC(=O)C(Cc1ccccc1)NS(=O)(=O)c1ccccc1F)c1ccccc1. The standard InChI is InChI=1S/C24H24FN3O4S/c25-20-13-7-8-14-22(20)33(31,32)28-21(17-18-9-3-1-4-10-18)24(30)27-16-15-26-23(29)19-11-5-2-6-12-19/h1-14,21,28H,15-17H2,(H,26,29)(H,27,30). The zero-order valence-electron chi connectivity index (χ0n) is 17.7. The van der Waals surface area contributed by atoms with Crippen molar-refractivity contribution in [2.45, 2.75) is 17.4 Å². The molecule has 0 aromatic heterocycles. The Morgan fingerprint density at radius 2 is 1.36 bits per heavy atom. The highest BCUT2D eigenvalue weighted by Crippen LogP contribution is 2.15. The van der Waals surface area contributed by atoms with Gasteiger partial charge in [0, 0.05) is 18.7 Å². The average Bonchev–Trinajstić information content (AvgIpc) is 2.82. The van der Waals surface area contributed by atoms with Gasteiger partial charge in [-0.25, -0.2) is 12.8 Å². The molecule has 3 rings (SSSR count). The molecule has 3 N–H and O–H groups in total. The van der Waals surface area contributed by atoms with Crippen molar-refractivity contribution in [1.29, 1.82) is 0 Å². The number of nitrogens with one attached hydrogen (secondary N) is 3. The molecule has 0 heterocycles. The van der Waals surface area contributed by atoms with Crippen LogP contribution in [0, 0.1) is 5.82 Å². The smallest absolute Gasteiger partial charge is 0.251 e. The zero-order chi connectivity index (χ0) is 23.7. The summed E-state index contributed by atoms with van der Waals surface area (Å²) in [5, 5.41) is 5.31. The van der Waals surface area contributed by atoms with E-state index in [0.717, 1.165) is 17.7 Å². The van der Waals surface area contributed by atoms with Crippen LogP contribution in [0.25, 0.3) is 0 Å². The number of carbonyl (C=O) groups excluding carboxylic acids is 2. The van der Waals surface area contributed by atoms with E-state index in [2.05, 4.69) is 15.4 Å². The van der Waals surface area contributed by atoms with Crippen molar-refractivity contribution < 1.29 is 22.4 Å². The molecule has 0 fully saturated rings. The molecule has 172 valence electrons. The van der Waals surface area contributed by atoms with Gasteiger partial charge in [0.2, 0.25) is 15.9 Å². The van der Waals surface area contributed by atoms with E-state index in [0.29, 0.717) is 5.56 Å². The van der Waals surface area contributed by atoms with E-state index in [1.165, 1.54) is 12.1 Å². The first-order valence-electron chi connectivity index (χ1n) is 10.3. The number of hydrogen-bond donors (Lipinski definition) is 3. The fourth-order valence-electron chi connectivity index (χ4n) is 3.13. The van der Waals surface area contributed by atoms with Crippen LogP contribution >= 0.6 is 0 Å². The van der Waals surface area contributed by atoms with E-state index in [9.17, 15) is 22.4 Å². The molecule has 0 bridgehead atoms. The van der Waals surface area contributed by atoms with Gasteiger partial charge in [-0.3, -0.25) is 9.59 Å². The summed E-state index contributed by atoms with van der Waals surface area (Å²) >= 11 is 0. The molecule has 0 aliphatic heterocycles. The molecule has 1 atom stereocenters. The van der Waals surface area contributed by atoms with Crippen LogP contribution in [0.1, 0.15) is 15.9 Å². The summed E-state index contributed by atoms with van der Waals surface area (Å²) < 4.78 is 41.9. The van der Waals surface area contributed by atoms with Gasteiger partial charge in [-0.05, 0) is 36.2 Å². The first-order valence-corrected chi connectivity index (χ1v) is 11.8. The molecule has 1 unspecified atom stereocenters. The van der Waals surface area contributed by atoms with Crippen LogP contribution in [0.3, 0.4) is 0 Å². The Morgan fingerprint density at radius 3 is 2.03 bits per heavy atom. The van der Waals surface area contributed by atoms with Crippen molar-refractivity contribution in [2.75, 3.05) is 13.1 Å². The van der Waals surface area contributed by atoms with Crippen molar-refractivity contribution in [1.82, 2.24) is 15.4 Å². The van der Waals surface area contributed by atoms with Crippen molar-refractivity contribution in [3.05, 3.63) is 102 Å². The van der Waals surface area contributed by atoms with Crippen LogP contribution in [0.15, 0.2) is 89.8 Å². The lowest BCUT2D eigenvalue weighted by molar-refractivity contribution is -0.122. The maximum atomic E-state index is 14.1. The summed E-state index contributed by atoms with van der Waals surface area (Å²) in [6.07, 6.45) is 0.0662. The minimum Gasteiger partial charge on any atom is -0.353 e. The van der Waals surface area contributed by atoms with Crippen molar-refractivity contribution in [3.8, 4) is 0 Å². The third kappa shape index (κ3) is 6.96. The van der Waals surface area contributed by atoms with Gasteiger partial charge in [0.1, 0.15) is 16.8 Å². The number of carbonyl (C=O) groups is 2. The lowest BCUT2D eigenvalue weighted by Gasteiger charge is -2.19. The normalized spacial score (nSPS) is 12.0. The van der Waals surface area contributed by atoms with Crippen LogP contribution in [0.5, 0.6) is 0 Å². The molecule has 33 heavy (non-hydrogen) atoms. The number of sulfonamides is 1. The Labute approximate surface area is 192 Å². The maximum absolute atomic E-state index is 14.1. The summed E-state index contributed by atoms with van der Waals surface area (Å²) in [4.78, 5) is 24.4. The number of amides is 2. The molecule has 0 aliphatic rings. The van der Waals surface area contributed by atoms with Crippen molar-refractivity contribution in [2.24, 2.45) is 0 Å². The van der Waals surface area contributed by atoms with E-state index in [1.807, 2.05) is 0 Å². The minimum absolute atomic E-state index is 0.0662. The Hall–Kier alpha value is -3.56. The Bertz CT molecular complexity index is 1190. The average molecular weight is 470 g/mol. The predicted octanol–water partition coefficient (Wildman–Crippen LogP) is 2.26. The van der Waals surface area contributed by atoms with Gasteiger partial charge in [0.05, 0.1) is 0 Å². The highest BCUT2D eigenvalue weighted by molar-refractivity contribution is 7.89. The Balaban J connectivity index is 1.65. The number of halogens is 1. The van der Waals surface area contributed by atoms with Gasteiger partial charge in [0.15, 0.2) is 0 Å². The van der Waals surface area contributed by atoms with Crippen molar-refractivity contribution >= 4 is 21.8 Å². The molecule has 0 aliphatic carbocycles. The minimum atomic E-state index is -4.29.